The van der Waals surface area contributed by atoms with Gasteiger partial charge in [0.15, 0.2) is 5.76 Å². The van der Waals surface area contributed by atoms with Gasteiger partial charge < -0.3 is 19.4 Å². The molecule has 10 nitrogen and oxygen atoms in total. The molecule has 0 radical (unpaired) electrons. The van der Waals surface area contributed by atoms with Gasteiger partial charge in [0, 0.05) is 36.8 Å². The summed E-state index contributed by atoms with van der Waals surface area (Å²) in [7, 11) is 1.16. The van der Waals surface area contributed by atoms with E-state index >= 15 is 0 Å². The summed E-state index contributed by atoms with van der Waals surface area (Å²) in [6.45, 7) is 2.47. The topological polar surface area (TPSA) is 132 Å². The first kappa shape index (κ1) is 21.0. The number of hydrogen-bond acceptors (Lipinski definition) is 7. The molecule has 1 fully saturated rings. The third-order valence-electron chi connectivity index (χ3n) is 4.88. The Bertz CT molecular complexity index is 990. The number of esters is 1. The van der Waals surface area contributed by atoms with Crippen LogP contribution in [0.4, 0.5) is 5.69 Å². The molecule has 2 heterocycles. The van der Waals surface area contributed by atoms with Crippen LogP contribution in [0.25, 0.3) is 0 Å². The molecule has 0 atom stereocenters. The Morgan fingerprint density at radius 3 is 2.40 bits per heavy atom. The van der Waals surface area contributed by atoms with E-state index in [2.05, 4.69) is 10.1 Å². The zero-order valence-electron chi connectivity index (χ0n) is 16.5. The molecule has 1 aromatic carbocycles. The fourth-order valence-electron chi connectivity index (χ4n) is 3.30. The highest BCUT2D eigenvalue weighted by Crippen LogP contribution is 2.21. The molecule has 0 unspecified atom stereocenters. The second-order valence-electron chi connectivity index (χ2n) is 6.97. The molecule has 3 rings (SSSR count). The van der Waals surface area contributed by atoms with E-state index in [9.17, 15) is 24.5 Å². The minimum Gasteiger partial charge on any atom is -0.465 e. The number of furan rings is 1. The van der Waals surface area contributed by atoms with E-state index in [1.165, 1.54) is 6.07 Å². The molecule has 1 aliphatic heterocycles. The number of nitrogens with one attached hydrogen (secondary N) is 1. The zero-order chi connectivity index (χ0) is 21.8. The van der Waals surface area contributed by atoms with Crippen LogP contribution < -0.4 is 5.32 Å². The number of aryl methyl sites for hydroxylation is 1. The van der Waals surface area contributed by atoms with Crippen molar-refractivity contribution >= 4 is 23.5 Å². The summed E-state index contributed by atoms with van der Waals surface area (Å²) in [5, 5.41) is 14.0. The van der Waals surface area contributed by atoms with Crippen molar-refractivity contribution in [3.8, 4) is 0 Å². The van der Waals surface area contributed by atoms with Gasteiger partial charge in [-0.1, -0.05) is 0 Å². The maximum Gasteiger partial charge on any atom is 0.338 e. The number of ether oxygens (including phenoxy) is 1. The Morgan fingerprint density at radius 1 is 1.17 bits per heavy atom. The molecule has 1 N–H and O–H groups in total. The molecular formula is C20H21N3O7. The predicted octanol–water partition coefficient (Wildman–Crippen LogP) is 2.32. The zero-order valence-corrected chi connectivity index (χ0v) is 16.5. The van der Waals surface area contributed by atoms with Crippen LogP contribution in [0.5, 0.6) is 0 Å². The molecule has 158 valence electrons. The maximum atomic E-state index is 12.8. The second kappa shape index (κ2) is 8.76. The van der Waals surface area contributed by atoms with Crippen molar-refractivity contribution in [3.05, 3.63) is 63.1 Å². The molecule has 0 spiro atoms. The van der Waals surface area contributed by atoms with E-state index < -0.39 is 16.8 Å². The minimum absolute atomic E-state index is 0.0400. The predicted molar refractivity (Wildman–Crippen MR) is 104 cm³/mol. The molecule has 2 aromatic rings. The van der Waals surface area contributed by atoms with Crippen molar-refractivity contribution in [2.75, 3.05) is 20.2 Å². The smallest absolute Gasteiger partial charge is 0.338 e. The van der Waals surface area contributed by atoms with Crippen molar-refractivity contribution in [1.82, 2.24) is 10.2 Å². The number of carbonyl (C=O) groups is 3. The summed E-state index contributed by atoms with van der Waals surface area (Å²) in [6.07, 6.45) is 1.05. The van der Waals surface area contributed by atoms with Crippen molar-refractivity contribution in [1.29, 1.82) is 0 Å². The number of carbonyl (C=O) groups excluding carboxylic acids is 3. The Morgan fingerprint density at radius 2 is 1.83 bits per heavy atom. The third-order valence-corrected chi connectivity index (χ3v) is 4.88. The quantitative estimate of drug-likeness (QED) is 0.450. The number of amides is 2. The van der Waals surface area contributed by atoms with Gasteiger partial charge in [-0.3, -0.25) is 19.7 Å². The SMILES string of the molecule is COC(=O)c1cc(C(=O)N2CCC(NC(=O)c3ccc(C)o3)CC2)cc([N+](=O)[O-])c1. The summed E-state index contributed by atoms with van der Waals surface area (Å²) in [6, 6.07) is 6.68. The van der Waals surface area contributed by atoms with E-state index in [0.717, 1.165) is 19.2 Å². The highest BCUT2D eigenvalue weighted by molar-refractivity contribution is 5.99. The molecule has 30 heavy (non-hydrogen) atoms. The fraction of sp³-hybridized carbons (Fsp3) is 0.350. The van der Waals surface area contributed by atoms with Gasteiger partial charge in [0.05, 0.1) is 17.6 Å². The Kier molecular flexibility index (Phi) is 6.14. The minimum atomic E-state index is -0.762. The molecule has 10 heteroatoms. The molecular weight excluding hydrogens is 394 g/mol. The summed E-state index contributed by atoms with van der Waals surface area (Å²) >= 11 is 0. The van der Waals surface area contributed by atoms with Gasteiger partial charge in [-0.05, 0) is 38.0 Å². The van der Waals surface area contributed by atoms with Crippen molar-refractivity contribution in [2.45, 2.75) is 25.8 Å². The monoisotopic (exact) mass is 415 g/mol. The number of nitro benzene ring substituents is 1. The number of hydrogen-bond donors (Lipinski definition) is 1. The van der Waals surface area contributed by atoms with E-state index in [0.29, 0.717) is 31.7 Å². The number of nitrogens with zero attached hydrogens (tertiary/aromatic N) is 2. The van der Waals surface area contributed by atoms with Gasteiger partial charge in [0.25, 0.3) is 17.5 Å². The first-order valence-electron chi connectivity index (χ1n) is 9.33. The average molecular weight is 415 g/mol. The number of benzene rings is 1. The lowest BCUT2D eigenvalue weighted by Gasteiger charge is -2.32. The first-order chi connectivity index (χ1) is 14.3. The number of methoxy groups -OCH3 is 1. The summed E-state index contributed by atoms with van der Waals surface area (Å²) in [4.78, 5) is 48.9. The van der Waals surface area contributed by atoms with E-state index in [1.54, 1.807) is 24.0 Å². The highest BCUT2D eigenvalue weighted by Gasteiger charge is 2.27. The largest absolute Gasteiger partial charge is 0.465 e. The molecule has 1 aromatic heterocycles. The lowest BCUT2D eigenvalue weighted by atomic mass is 10.0. The number of likely N-dealkylation sites (tertiary alicyclic amines) is 1. The van der Waals surface area contributed by atoms with Crippen LogP contribution in [0, 0.1) is 17.0 Å². The molecule has 0 bridgehead atoms. The Labute approximate surface area is 171 Å². The van der Waals surface area contributed by atoms with Crippen LogP contribution in [-0.2, 0) is 4.74 Å². The Balaban J connectivity index is 1.66. The number of rotatable bonds is 5. The summed E-state index contributed by atoms with van der Waals surface area (Å²) in [5.74, 6) is -0.617. The second-order valence-corrected chi connectivity index (χ2v) is 6.97. The number of piperidine rings is 1. The van der Waals surface area contributed by atoms with Crippen molar-refractivity contribution in [3.63, 3.8) is 0 Å². The van der Waals surface area contributed by atoms with Gasteiger partial charge in [0.1, 0.15) is 5.76 Å². The van der Waals surface area contributed by atoms with Crippen molar-refractivity contribution < 1.29 is 28.5 Å². The van der Waals surface area contributed by atoms with Gasteiger partial charge in [-0.2, -0.15) is 0 Å². The summed E-state index contributed by atoms with van der Waals surface area (Å²) < 4.78 is 9.91. The molecule has 2 amide bonds. The average Bonchev–Trinajstić information content (AvgIpc) is 3.19. The Hall–Kier alpha value is -3.69. The molecule has 0 aliphatic carbocycles. The fourth-order valence-corrected chi connectivity index (χ4v) is 3.30. The van der Waals surface area contributed by atoms with Gasteiger partial charge >= 0.3 is 5.97 Å². The first-order valence-corrected chi connectivity index (χ1v) is 9.33. The number of nitro groups is 1. The molecule has 1 saturated heterocycles. The van der Waals surface area contributed by atoms with Gasteiger partial charge in [-0.15, -0.1) is 0 Å². The van der Waals surface area contributed by atoms with Gasteiger partial charge in [0.2, 0.25) is 0 Å². The lowest BCUT2D eigenvalue weighted by molar-refractivity contribution is -0.384. The summed E-state index contributed by atoms with van der Waals surface area (Å²) in [5.41, 5.74) is -0.388. The van der Waals surface area contributed by atoms with E-state index in [1.807, 2.05) is 0 Å². The van der Waals surface area contributed by atoms with Crippen LogP contribution in [0.2, 0.25) is 0 Å². The standard InChI is InChI=1S/C20H21N3O7/c1-12-3-4-17(30-12)18(24)21-15-5-7-22(8-6-15)19(25)13-9-14(20(26)29-2)11-16(10-13)23(27)28/h3-4,9-11,15H,5-8H2,1-2H3,(H,21,24). The number of non-ortho nitro benzene ring substituents is 1. The molecule has 1 aliphatic rings. The van der Waals surface area contributed by atoms with Crippen LogP contribution >= 0.6 is 0 Å². The van der Waals surface area contributed by atoms with Crippen LogP contribution in [0.3, 0.4) is 0 Å². The van der Waals surface area contributed by atoms with Gasteiger partial charge in [-0.25, -0.2) is 4.79 Å². The van der Waals surface area contributed by atoms with Crippen LogP contribution in [-0.4, -0.2) is 53.8 Å². The van der Waals surface area contributed by atoms with Crippen LogP contribution in [0.15, 0.2) is 34.7 Å². The molecule has 0 saturated carbocycles. The van der Waals surface area contributed by atoms with Crippen LogP contribution in [0.1, 0.15) is 49.9 Å². The maximum absolute atomic E-state index is 12.8. The van der Waals surface area contributed by atoms with Crippen molar-refractivity contribution in [2.24, 2.45) is 0 Å². The third kappa shape index (κ3) is 4.65. The lowest BCUT2D eigenvalue weighted by Crippen LogP contribution is -2.46. The highest BCUT2D eigenvalue weighted by atomic mass is 16.6. The normalized spacial score (nSPS) is 14.3. The van der Waals surface area contributed by atoms with E-state index in [4.69, 9.17) is 4.42 Å². The van der Waals surface area contributed by atoms with E-state index in [-0.39, 0.29) is 34.5 Å².